The number of carbonyl (C=O) groups is 1. The molecule has 34 heavy (non-hydrogen) atoms. The van der Waals surface area contributed by atoms with Crippen LogP contribution in [0.2, 0.25) is 0 Å². The Balaban J connectivity index is 1.57. The van der Waals surface area contributed by atoms with E-state index in [-0.39, 0.29) is 11.3 Å². The van der Waals surface area contributed by atoms with Gasteiger partial charge in [-0.2, -0.15) is 0 Å². The van der Waals surface area contributed by atoms with Crippen LogP contribution in [0, 0.1) is 6.92 Å². The number of anilines is 2. The topological polar surface area (TPSA) is 67.2 Å². The zero-order chi connectivity index (χ0) is 23.5. The molecule has 0 spiro atoms. The minimum Gasteiger partial charge on any atom is -0.343 e. The number of nitrogens with zero attached hydrogens (tertiary/aromatic N) is 3. The lowest BCUT2D eigenvalue weighted by Crippen LogP contribution is -2.27. The molecule has 6 nitrogen and oxygen atoms in total. The number of hydrogen-bond donors (Lipinski definition) is 1. The number of para-hydroxylation sites is 2. The summed E-state index contributed by atoms with van der Waals surface area (Å²) >= 11 is 0. The van der Waals surface area contributed by atoms with E-state index in [0.29, 0.717) is 29.7 Å². The van der Waals surface area contributed by atoms with E-state index in [1.54, 1.807) is 6.07 Å². The molecule has 1 N–H and O–H groups in total. The summed E-state index contributed by atoms with van der Waals surface area (Å²) in [6.07, 6.45) is 3.19. The highest BCUT2D eigenvalue weighted by atomic mass is 16.2. The molecule has 0 unspecified atom stereocenters. The van der Waals surface area contributed by atoms with Gasteiger partial charge >= 0.3 is 0 Å². The molecule has 0 aliphatic carbocycles. The summed E-state index contributed by atoms with van der Waals surface area (Å²) in [6, 6.07) is 23.2. The fraction of sp³-hybridized carbons (Fsp3) is 0.250. The average Bonchev–Trinajstić information content (AvgIpc) is 3.39. The largest absolute Gasteiger partial charge is 0.343 e. The van der Waals surface area contributed by atoms with Crippen molar-refractivity contribution in [3.63, 3.8) is 0 Å². The maximum Gasteiger partial charge on any atom is 0.222 e. The number of pyridine rings is 2. The van der Waals surface area contributed by atoms with E-state index in [4.69, 9.17) is 4.98 Å². The summed E-state index contributed by atoms with van der Waals surface area (Å²) in [5, 5.41) is 3.93. The van der Waals surface area contributed by atoms with Gasteiger partial charge in [0.2, 0.25) is 5.91 Å². The first kappa shape index (κ1) is 21.9. The number of nitrogens with one attached hydrogen (secondary N) is 1. The molecule has 0 saturated carbocycles. The summed E-state index contributed by atoms with van der Waals surface area (Å²) in [4.78, 5) is 32.6. The first-order valence-corrected chi connectivity index (χ1v) is 11.8. The first-order valence-electron chi connectivity index (χ1n) is 11.8. The average molecular weight is 453 g/mol. The number of fused-ring (bicyclic) bond motifs is 1. The third-order valence-electron chi connectivity index (χ3n) is 6.41. The van der Waals surface area contributed by atoms with E-state index in [9.17, 15) is 9.59 Å². The zero-order valence-electron chi connectivity index (χ0n) is 19.3. The fourth-order valence-corrected chi connectivity index (χ4v) is 4.59. The second kappa shape index (κ2) is 9.51. The second-order valence-corrected chi connectivity index (χ2v) is 8.75. The summed E-state index contributed by atoms with van der Waals surface area (Å²) in [5.74, 6) is 0.833. The highest BCUT2D eigenvalue weighted by molar-refractivity contribution is 5.82. The van der Waals surface area contributed by atoms with Crippen LogP contribution in [-0.4, -0.2) is 33.4 Å². The fourth-order valence-electron chi connectivity index (χ4n) is 4.59. The molecule has 1 fully saturated rings. The van der Waals surface area contributed by atoms with Gasteiger partial charge in [0, 0.05) is 42.6 Å². The molecule has 2 aromatic carbocycles. The quantitative estimate of drug-likeness (QED) is 0.447. The molecular weight excluding hydrogens is 424 g/mol. The predicted molar refractivity (Wildman–Crippen MR) is 136 cm³/mol. The molecule has 3 heterocycles. The molecule has 1 aliphatic rings. The second-order valence-electron chi connectivity index (χ2n) is 8.75. The van der Waals surface area contributed by atoms with Crippen LogP contribution < -0.4 is 10.7 Å². The zero-order valence-corrected chi connectivity index (χ0v) is 19.3. The first-order chi connectivity index (χ1) is 16.6. The van der Waals surface area contributed by atoms with Gasteiger partial charge < -0.3 is 10.2 Å². The van der Waals surface area contributed by atoms with E-state index < -0.39 is 0 Å². The molecular formula is C28H28N4O2. The SMILES string of the molecule is Cc1nc2c(cc1CCC(=O)N1CCCC1)c(=O)cc(Nc1ccccc1)n2-c1ccccc1. The number of likely N-dealkylation sites (tertiary alicyclic amines) is 1. The number of benzene rings is 2. The minimum absolute atomic E-state index is 0.0970. The van der Waals surface area contributed by atoms with E-state index >= 15 is 0 Å². The highest BCUT2D eigenvalue weighted by Gasteiger charge is 2.19. The van der Waals surface area contributed by atoms with Gasteiger partial charge in [0.15, 0.2) is 5.43 Å². The van der Waals surface area contributed by atoms with Crippen LogP contribution in [0.15, 0.2) is 77.6 Å². The lowest BCUT2D eigenvalue weighted by atomic mass is 10.1. The maximum atomic E-state index is 13.2. The Morgan fingerprint density at radius 3 is 2.35 bits per heavy atom. The maximum absolute atomic E-state index is 13.2. The van der Waals surface area contributed by atoms with Crippen LogP contribution in [-0.2, 0) is 11.2 Å². The van der Waals surface area contributed by atoms with E-state index in [1.807, 2.05) is 83.1 Å². The molecule has 2 aromatic heterocycles. The van der Waals surface area contributed by atoms with E-state index in [0.717, 1.165) is 48.6 Å². The standard InChI is InChI=1S/C28H28N4O2/c1-20-21(14-15-27(34)31-16-8-9-17-31)18-24-25(33)19-26(30-22-10-4-2-5-11-22)32(28(24)29-20)23-12-6-3-7-13-23/h2-7,10-13,18-19,30H,8-9,14-17H2,1H3. The van der Waals surface area contributed by atoms with Gasteiger partial charge in [0.05, 0.1) is 5.39 Å². The van der Waals surface area contributed by atoms with Gasteiger partial charge in [-0.25, -0.2) is 4.98 Å². The Labute approximate surface area is 198 Å². The normalized spacial score (nSPS) is 13.4. The molecule has 0 atom stereocenters. The van der Waals surface area contributed by atoms with Crippen LogP contribution in [0.3, 0.4) is 0 Å². The Morgan fingerprint density at radius 1 is 0.971 bits per heavy atom. The van der Waals surface area contributed by atoms with Crippen LogP contribution in [0.4, 0.5) is 11.5 Å². The smallest absolute Gasteiger partial charge is 0.222 e. The van der Waals surface area contributed by atoms with Crippen LogP contribution in [0.1, 0.15) is 30.5 Å². The molecule has 0 bridgehead atoms. The van der Waals surface area contributed by atoms with Crippen molar-refractivity contribution in [2.24, 2.45) is 0 Å². The molecule has 0 radical (unpaired) electrons. The summed E-state index contributed by atoms with van der Waals surface area (Å²) in [6.45, 7) is 3.66. The van der Waals surface area contributed by atoms with E-state index in [2.05, 4.69) is 5.32 Å². The summed E-state index contributed by atoms with van der Waals surface area (Å²) in [5.41, 5.74) is 4.09. The Morgan fingerprint density at radius 2 is 1.65 bits per heavy atom. The molecule has 6 heteroatoms. The number of aryl methyl sites for hydroxylation is 2. The van der Waals surface area contributed by atoms with Crippen molar-refractivity contribution in [2.75, 3.05) is 18.4 Å². The molecule has 4 aromatic rings. The number of aromatic nitrogens is 2. The van der Waals surface area contributed by atoms with Gasteiger partial charge in [0.1, 0.15) is 11.5 Å². The van der Waals surface area contributed by atoms with Crippen molar-refractivity contribution in [2.45, 2.75) is 32.6 Å². The van der Waals surface area contributed by atoms with Crippen molar-refractivity contribution in [1.82, 2.24) is 14.5 Å². The van der Waals surface area contributed by atoms with Crippen LogP contribution >= 0.6 is 0 Å². The van der Waals surface area contributed by atoms with Crippen molar-refractivity contribution in [3.05, 3.63) is 94.3 Å². The molecule has 5 rings (SSSR count). The molecule has 1 amide bonds. The molecule has 1 aliphatic heterocycles. The minimum atomic E-state index is -0.0970. The Hall–Kier alpha value is -3.93. The lowest BCUT2D eigenvalue weighted by Gasteiger charge is -2.19. The van der Waals surface area contributed by atoms with Gasteiger partial charge in [0.25, 0.3) is 0 Å². The van der Waals surface area contributed by atoms with Gasteiger partial charge in [-0.05, 0) is 62.1 Å². The monoisotopic (exact) mass is 452 g/mol. The van der Waals surface area contributed by atoms with Gasteiger partial charge in [-0.15, -0.1) is 0 Å². The highest BCUT2D eigenvalue weighted by Crippen LogP contribution is 2.26. The number of hydrogen-bond acceptors (Lipinski definition) is 4. The predicted octanol–water partition coefficient (Wildman–Crippen LogP) is 4.99. The van der Waals surface area contributed by atoms with Crippen molar-refractivity contribution >= 4 is 28.4 Å². The Kier molecular flexibility index (Phi) is 6.12. The summed E-state index contributed by atoms with van der Waals surface area (Å²) < 4.78 is 1.98. The number of rotatable bonds is 6. The Bertz CT molecular complexity index is 1370. The van der Waals surface area contributed by atoms with Gasteiger partial charge in [-0.3, -0.25) is 14.2 Å². The summed E-state index contributed by atoms with van der Waals surface area (Å²) in [7, 11) is 0. The van der Waals surface area contributed by atoms with Crippen LogP contribution in [0.5, 0.6) is 0 Å². The molecule has 1 saturated heterocycles. The molecule has 172 valence electrons. The van der Waals surface area contributed by atoms with Crippen molar-refractivity contribution < 1.29 is 4.79 Å². The third kappa shape index (κ3) is 4.44. The van der Waals surface area contributed by atoms with Crippen molar-refractivity contribution in [3.8, 4) is 5.69 Å². The van der Waals surface area contributed by atoms with Gasteiger partial charge in [-0.1, -0.05) is 36.4 Å². The third-order valence-corrected chi connectivity index (χ3v) is 6.41. The van der Waals surface area contributed by atoms with Crippen molar-refractivity contribution in [1.29, 1.82) is 0 Å². The number of amides is 1. The van der Waals surface area contributed by atoms with Crippen LogP contribution in [0.25, 0.3) is 16.7 Å². The number of carbonyl (C=O) groups excluding carboxylic acids is 1. The lowest BCUT2D eigenvalue weighted by molar-refractivity contribution is -0.130. The van der Waals surface area contributed by atoms with E-state index in [1.165, 1.54) is 0 Å².